The maximum atomic E-state index is 12.3. The number of nitro groups is 1. The van der Waals surface area contributed by atoms with Crippen molar-refractivity contribution in [2.45, 2.75) is 6.42 Å². The fraction of sp³-hybridized carbons (Fsp3) is 0.250. The van der Waals surface area contributed by atoms with Gasteiger partial charge in [0.15, 0.2) is 12.4 Å². The highest BCUT2D eigenvalue weighted by Gasteiger charge is 2.36. The largest absolute Gasteiger partial charge is 0.497 e. The molecule has 1 heterocycles. The monoisotopic (exact) mass is 398 g/mol. The van der Waals surface area contributed by atoms with E-state index in [0.29, 0.717) is 11.4 Å². The number of hydrogen-bond donors (Lipinski definition) is 0. The van der Waals surface area contributed by atoms with Crippen LogP contribution < -0.4 is 9.64 Å². The molecule has 1 amide bonds. The summed E-state index contributed by atoms with van der Waals surface area (Å²) in [5, 5.41) is 10.6. The van der Waals surface area contributed by atoms with Crippen LogP contribution >= 0.6 is 0 Å². The Morgan fingerprint density at radius 3 is 2.38 bits per heavy atom. The maximum absolute atomic E-state index is 12.3. The number of methoxy groups -OCH3 is 1. The van der Waals surface area contributed by atoms with Gasteiger partial charge in [-0.25, -0.2) is 0 Å². The lowest BCUT2D eigenvalue weighted by molar-refractivity contribution is -0.384. The van der Waals surface area contributed by atoms with Gasteiger partial charge in [0.1, 0.15) is 5.75 Å². The van der Waals surface area contributed by atoms with Gasteiger partial charge in [0.25, 0.3) is 5.69 Å². The topological polar surface area (TPSA) is 116 Å². The fourth-order valence-corrected chi connectivity index (χ4v) is 2.98. The summed E-state index contributed by atoms with van der Waals surface area (Å²) in [7, 11) is 1.54. The molecular formula is C20H18N2O7. The molecule has 0 radical (unpaired) electrons. The van der Waals surface area contributed by atoms with E-state index in [2.05, 4.69) is 0 Å². The van der Waals surface area contributed by atoms with Crippen molar-refractivity contribution in [3.05, 3.63) is 64.2 Å². The van der Waals surface area contributed by atoms with Crippen molar-refractivity contribution in [1.82, 2.24) is 0 Å². The number of amides is 1. The lowest BCUT2D eigenvalue weighted by atomic mass is 10.1. The SMILES string of the molecule is COc1ccc(N2CC(C(=O)OCC(=O)c3ccc([N+](=O)[O-])cc3)CC2=O)cc1. The first kappa shape index (κ1) is 20.0. The first-order chi connectivity index (χ1) is 13.9. The minimum Gasteiger partial charge on any atom is -0.497 e. The molecule has 9 heteroatoms. The molecule has 29 heavy (non-hydrogen) atoms. The Morgan fingerprint density at radius 2 is 1.79 bits per heavy atom. The number of hydrogen-bond acceptors (Lipinski definition) is 7. The highest BCUT2D eigenvalue weighted by molar-refractivity contribution is 6.01. The van der Waals surface area contributed by atoms with Gasteiger partial charge in [0.2, 0.25) is 5.91 Å². The lowest BCUT2D eigenvalue weighted by Crippen LogP contribution is -2.27. The molecule has 0 aliphatic carbocycles. The second-order valence-electron chi connectivity index (χ2n) is 6.44. The Bertz CT molecular complexity index is 938. The number of carbonyl (C=O) groups is 3. The summed E-state index contributed by atoms with van der Waals surface area (Å²) in [5.41, 5.74) is 0.709. The van der Waals surface area contributed by atoms with Gasteiger partial charge in [-0.1, -0.05) is 0 Å². The minimum atomic E-state index is -0.672. The van der Waals surface area contributed by atoms with E-state index in [0.717, 1.165) is 0 Å². The van der Waals surface area contributed by atoms with Crippen LogP contribution in [0.1, 0.15) is 16.8 Å². The number of anilines is 1. The van der Waals surface area contributed by atoms with E-state index in [4.69, 9.17) is 9.47 Å². The summed E-state index contributed by atoms with van der Waals surface area (Å²) in [5.74, 6) is -1.34. The van der Waals surface area contributed by atoms with E-state index in [9.17, 15) is 24.5 Å². The van der Waals surface area contributed by atoms with Crippen LogP contribution in [0.4, 0.5) is 11.4 Å². The number of nitrogens with zero attached hydrogens (tertiary/aromatic N) is 2. The van der Waals surface area contributed by atoms with Crippen molar-refractivity contribution in [3.63, 3.8) is 0 Å². The third-order valence-corrected chi connectivity index (χ3v) is 4.59. The van der Waals surface area contributed by atoms with Crippen molar-refractivity contribution in [2.75, 3.05) is 25.2 Å². The van der Waals surface area contributed by atoms with Gasteiger partial charge >= 0.3 is 5.97 Å². The summed E-state index contributed by atoms with van der Waals surface area (Å²) in [4.78, 5) is 48.2. The van der Waals surface area contributed by atoms with E-state index >= 15 is 0 Å². The van der Waals surface area contributed by atoms with Crippen LogP contribution in [0.15, 0.2) is 48.5 Å². The van der Waals surface area contributed by atoms with Crippen LogP contribution in [0.2, 0.25) is 0 Å². The summed E-state index contributed by atoms with van der Waals surface area (Å²) < 4.78 is 10.2. The number of ketones is 1. The van der Waals surface area contributed by atoms with Crippen LogP contribution in [0.3, 0.4) is 0 Å². The molecule has 3 rings (SSSR count). The number of Topliss-reactive ketones (excluding diaryl/α,β-unsaturated/α-hetero) is 1. The van der Waals surface area contributed by atoms with Gasteiger partial charge in [-0.15, -0.1) is 0 Å². The summed E-state index contributed by atoms with van der Waals surface area (Å²) in [6.07, 6.45) is -0.00339. The fourth-order valence-electron chi connectivity index (χ4n) is 2.98. The van der Waals surface area contributed by atoms with E-state index in [1.807, 2.05) is 0 Å². The van der Waals surface area contributed by atoms with Crippen LogP contribution in [0.5, 0.6) is 5.75 Å². The second-order valence-corrected chi connectivity index (χ2v) is 6.44. The quantitative estimate of drug-likeness (QED) is 0.304. The second kappa shape index (κ2) is 8.51. The molecule has 1 aliphatic heterocycles. The molecule has 150 valence electrons. The Kier molecular flexibility index (Phi) is 5.87. The number of esters is 1. The van der Waals surface area contributed by atoms with Gasteiger partial charge in [-0.3, -0.25) is 24.5 Å². The van der Waals surface area contributed by atoms with Crippen molar-refractivity contribution in [2.24, 2.45) is 5.92 Å². The molecular weight excluding hydrogens is 380 g/mol. The first-order valence-electron chi connectivity index (χ1n) is 8.77. The molecule has 0 aromatic heterocycles. The average Bonchev–Trinajstić information content (AvgIpc) is 3.13. The molecule has 9 nitrogen and oxygen atoms in total. The number of non-ortho nitro benzene ring substituents is 1. The van der Waals surface area contributed by atoms with E-state index in [1.54, 1.807) is 31.4 Å². The molecule has 0 bridgehead atoms. The number of nitro benzene ring substituents is 1. The highest BCUT2D eigenvalue weighted by Crippen LogP contribution is 2.27. The molecule has 0 N–H and O–H groups in total. The van der Waals surface area contributed by atoms with Gasteiger partial charge < -0.3 is 14.4 Å². The molecule has 1 atom stereocenters. The lowest BCUT2D eigenvalue weighted by Gasteiger charge is -2.16. The van der Waals surface area contributed by atoms with E-state index in [1.165, 1.54) is 29.2 Å². The minimum absolute atomic E-state index is 0.00339. The van der Waals surface area contributed by atoms with Crippen molar-refractivity contribution >= 4 is 29.0 Å². The normalized spacial score (nSPS) is 15.8. The van der Waals surface area contributed by atoms with Gasteiger partial charge in [0.05, 0.1) is 18.0 Å². The average molecular weight is 398 g/mol. The molecule has 2 aromatic rings. The van der Waals surface area contributed by atoms with Crippen molar-refractivity contribution in [3.8, 4) is 5.75 Å². The molecule has 1 unspecified atom stereocenters. The molecule has 2 aromatic carbocycles. The van der Waals surface area contributed by atoms with E-state index in [-0.39, 0.29) is 30.1 Å². The number of benzene rings is 2. The molecule has 1 fully saturated rings. The summed E-state index contributed by atoms with van der Waals surface area (Å²) in [6.45, 7) is -0.334. The molecule has 0 spiro atoms. The van der Waals surface area contributed by atoms with Crippen LogP contribution in [-0.4, -0.2) is 42.8 Å². The third-order valence-electron chi connectivity index (χ3n) is 4.59. The first-order valence-corrected chi connectivity index (χ1v) is 8.77. The van der Waals surface area contributed by atoms with Gasteiger partial charge in [-0.2, -0.15) is 0 Å². The van der Waals surface area contributed by atoms with Crippen molar-refractivity contribution in [1.29, 1.82) is 0 Å². The zero-order valence-electron chi connectivity index (χ0n) is 15.6. The smallest absolute Gasteiger partial charge is 0.311 e. The Hall–Kier alpha value is -3.75. The maximum Gasteiger partial charge on any atom is 0.311 e. The molecule has 0 saturated carbocycles. The predicted molar refractivity (Wildman–Crippen MR) is 102 cm³/mol. The third kappa shape index (κ3) is 4.57. The van der Waals surface area contributed by atoms with E-state index < -0.39 is 29.2 Å². The summed E-state index contributed by atoms with van der Waals surface area (Å²) >= 11 is 0. The van der Waals surface area contributed by atoms with Crippen LogP contribution in [0, 0.1) is 16.0 Å². The van der Waals surface area contributed by atoms with Crippen LogP contribution in [-0.2, 0) is 14.3 Å². The zero-order valence-corrected chi connectivity index (χ0v) is 15.6. The number of ether oxygens (including phenoxy) is 2. The predicted octanol–water partition coefficient (Wildman–Crippen LogP) is 2.38. The van der Waals surface area contributed by atoms with Crippen molar-refractivity contribution < 1.29 is 28.8 Å². The molecule has 1 saturated heterocycles. The van der Waals surface area contributed by atoms with Gasteiger partial charge in [-0.05, 0) is 36.4 Å². The van der Waals surface area contributed by atoms with Gasteiger partial charge in [0, 0.05) is 36.3 Å². The highest BCUT2D eigenvalue weighted by atomic mass is 16.6. The summed E-state index contributed by atoms with van der Waals surface area (Å²) in [6, 6.07) is 11.9. The van der Waals surface area contributed by atoms with Crippen LogP contribution in [0.25, 0.3) is 0 Å². The standard InChI is InChI=1S/C20H18N2O7/c1-28-17-8-6-15(7-9-17)21-11-14(10-19(21)24)20(25)29-12-18(23)13-2-4-16(5-3-13)22(26)27/h2-9,14H,10-12H2,1H3. The Labute approximate surface area is 166 Å². The molecule has 1 aliphatic rings. The Balaban J connectivity index is 1.56. The number of rotatable bonds is 7. The Morgan fingerprint density at radius 1 is 1.14 bits per heavy atom. The zero-order chi connectivity index (χ0) is 21.0. The number of carbonyl (C=O) groups excluding carboxylic acids is 3.